The van der Waals surface area contributed by atoms with Gasteiger partial charge in [0.1, 0.15) is 5.76 Å². The Labute approximate surface area is 149 Å². The minimum atomic E-state index is 0. The summed E-state index contributed by atoms with van der Waals surface area (Å²) in [6.45, 7) is 11.2. The Hall–Kier alpha value is -0.720. The van der Waals surface area contributed by atoms with Gasteiger partial charge in [0.25, 0.3) is 0 Å². The molecule has 2 heterocycles. The SMILES string of the molecule is CSCC(=O)N[C@H]1CN(Cc2c(C)noc2C)C[C@@H]1C(C)C.Cl. The highest BCUT2D eigenvalue weighted by molar-refractivity contribution is 7.99. The lowest BCUT2D eigenvalue weighted by atomic mass is 9.91. The molecular weight excluding hydrogens is 334 g/mol. The van der Waals surface area contributed by atoms with Gasteiger partial charge in [0.05, 0.1) is 11.4 Å². The number of thioether (sulfide) groups is 1. The van der Waals surface area contributed by atoms with Crippen LogP contribution >= 0.6 is 24.2 Å². The average Bonchev–Trinajstić information content (AvgIpc) is 2.97. The standard InChI is InChI=1S/C16H27N3O2S.ClH/c1-10(2)13-6-19(7-14-11(3)18-21-12(14)4)8-15(13)17-16(20)9-22-5;/h10,13,15H,6-9H2,1-5H3,(H,17,20);1H/t13-,15+;/m1./s1. The molecule has 0 unspecified atom stereocenters. The second-order valence-corrected chi connectivity index (χ2v) is 7.38. The number of carbonyl (C=O) groups is 1. The van der Waals surface area contributed by atoms with Gasteiger partial charge in [-0.2, -0.15) is 11.8 Å². The van der Waals surface area contributed by atoms with Crippen molar-refractivity contribution in [1.29, 1.82) is 0 Å². The zero-order valence-electron chi connectivity index (χ0n) is 14.6. The molecule has 0 bridgehead atoms. The minimum Gasteiger partial charge on any atom is -0.361 e. The molecule has 1 N–H and O–H groups in total. The number of carbonyl (C=O) groups excluding carboxylic acids is 1. The summed E-state index contributed by atoms with van der Waals surface area (Å²) in [4.78, 5) is 14.3. The van der Waals surface area contributed by atoms with Gasteiger partial charge >= 0.3 is 0 Å². The molecule has 1 aliphatic heterocycles. The summed E-state index contributed by atoms with van der Waals surface area (Å²) in [5.41, 5.74) is 2.15. The van der Waals surface area contributed by atoms with E-state index >= 15 is 0 Å². The van der Waals surface area contributed by atoms with Crippen LogP contribution in [0.5, 0.6) is 0 Å². The molecular formula is C16H28ClN3O2S. The van der Waals surface area contributed by atoms with Crippen LogP contribution in [0, 0.1) is 25.7 Å². The van der Waals surface area contributed by atoms with Gasteiger partial charge in [-0.15, -0.1) is 12.4 Å². The maximum absolute atomic E-state index is 11.9. The summed E-state index contributed by atoms with van der Waals surface area (Å²) in [7, 11) is 0. The molecule has 1 aromatic rings. The summed E-state index contributed by atoms with van der Waals surface area (Å²) in [6, 6.07) is 0.236. The maximum atomic E-state index is 11.9. The molecule has 23 heavy (non-hydrogen) atoms. The van der Waals surface area contributed by atoms with Crippen LogP contribution in [-0.4, -0.2) is 47.1 Å². The van der Waals surface area contributed by atoms with E-state index in [4.69, 9.17) is 4.52 Å². The first-order chi connectivity index (χ1) is 10.4. The van der Waals surface area contributed by atoms with Gasteiger partial charge in [0, 0.05) is 31.2 Å². The van der Waals surface area contributed by atoms with Crippen LogP contribution < -0.4 is 5.32 Å². The molecule has 2 rings (SSSR count). The Balaban J connectivity index is 0.00000264. The molecule has 1 amide bonds. The number of aromatic nitrogens is 1. The molecule has 0 spiro atoms. The van der Waals surface area contributed by atoms with Crippen molar-refractivity contribution >= 4 is 30.1 Å². The molecule has 0 saturated carbocycles. The lowest BCUT2D eigenvalue weighted by molar-refractivity contribution is -0.119. The third kappa shape index (κ3) is 5.13. The first-order valence-corrected chi connectivity index (χ1v) is 9.24. The topological polar surface area (TPSA) is 58.4 Å². The number of halogens is 1. The van der Waals surface area contributed by atoms with E-state index in [9.17, 15) is 4.79 Å². The van der Waals surface area contributed by atoms with Gasteiger partial charge in [-0.3, -0.25) is 9.69 Å². The Morgan fingerprint density at radius 1 is 1.43 bits per heavy atom. The number of likely N-dealkylation sites (tertiary alicyclic amines) is 1. The molecule has 1 aromatic heterocycles. The monoisotopic (exact) mass is 361 g/mol. The normalized spacial score (nSPS) is 21.5. The summed E-state index contributed by atoms with van der Waals surface area (Å²) in [5, 5.41) is 7.24. The molecule has 2 atom stereocenters. The van der Waals surface area contributed by atoms with Crippen LogP contribution in [-0.2, 0) is 11.3 Å². The number of nitrogens with one attached hydrogen (secondary N) is 1. The van der Waals surface area contributed by atoms with E-state index in [0.717, 1.165) is 31.1 Å². The highest BCUT2D eigenvalue weighted by Crippen LogP contribution is 2.27. The molecule has 7 heteroatoms. The number of hydrogen-bond acceptors (Lipinski definition) is 5. The minimum absolute atomic E-state index is 0. The lowest BCUT2D eigenvalue weighted by Crippen LogP contribution is -2.42. The average molecular weight is 362 g/mol. The quantitative estimate of drug-likeness (QED) is 0.844. The Kier molecular flexibility index (Phi) is 7.90. The Bertz CT molecular complexity index is 502. The summed E-state index contributed by atoms with van der Waals surface area (Å²) in [5.74, 6) is 2.61. The molecule has 1 saturated heterocycles. The number of amides is 1. The zero-order chi connectivity index (χ0) is 16.3. The third-order valence-corrected chi connectivity index (χ3v) is 5.03. The highest BCUT2D eigenvalue weighted by Gasteiger charge is 2.35. The van der Waals surface area contributed by atoms with Crippen molar-refractivity contribution in [2.45, 2.75) is 40.3 Å². The van der Waals surface area contributed by atoms with Crippen molar-refractivity contribution in [3.63, 3.8) is 0 Å². The van der Waals surface area contributed by atoms with Gasteiger partial charge in [0.15, 0.2) is 0 Å². The number of rotatable bonds is 6. The molecule has 0 radical (unpaired) electrons. The van der Waals surface area contributed by atoms with E-state index < -0.39 is 0 Å². The van der Waals surface area contributed by atoms with E-state index in [0.29, 0.717) is 17.6 Å². The maximum Gasteiger partial charge on any atom is 0.230 e. The van der Waals surface area contributed by atoms with Gasteiger partial charge < -0.3 is 9.84 Å². The van der Waals surface area contributed by atoms with Crippen molar-refractivity contribution in [2.24, 2.45) is 11.8 Å². The smallest absolute Gasteiger partial charge is 0.230 e. The third-order valence-electron chi connectivity index (χ3n) is 4.48. The van der Waals surface area contributed by atoms with Crippen LogP contribution in [0.2, 0.25) is 0 Å². The summed E-state index contributed by atoms with van der Waals surface area (Å²) < 4.78 is 5.25. The van der Waals surface area contributed by atoms with E-state index in [1.54, 1.807) is 11.8 Å². The fourth-order valence-corrected chi connectivity index (χ4v) is 3.55. The molecule has 132 valence electrons. The van der Waals surface area contributed by atoms with E-state index in [2.05, 4.69) is 29.2 Å². The lowest BCUT2D eigenvalue weighted by Gasteiger charge is -2.22. The van der Waals surface area contributed by atoms with Crippen LogP contribution in [0.15, 0.2) is 4.52 Å². The number of hydrogen-bond donors (Lipinski definition) is 1. The summed E-state index contributed by atoms with van der Waals surface area (Å²) >= 11 is 1.56. The fourth-order valence-electron chi connectivity index (χ4n) is 3.20. The molecule has 0 aliphatic carbocycles. The van der Waals surface area contributed by atoms with Crippen LogP contribution in [0.1, 0.15) is 30.9 Å². The Morgan fingerprint density at radius 2 is 2.13 bits per heavy atom. The molecule has 5 nitrogen and oxygen atoms in total. The summed E-state index contributed by atoms with van der Waals surface area (Å²) in [6.07, 6.45) is 1.96. The van der Waals surface area contributed by atoms with Crippen LogP contribution in [0.25, 0.3) is 0 Å². The predicted octanol–water partition coefficient (Wildman–Crippen LogP) is 2.65. The second kappa shape index (κ2) is 8.94. The number of aryl methyl sites for hydroxylation is 2. The molecule has 1 aliphatic rings. The zero-order valence-corrected chi connectivity index (χ0v) is 16.2. The van der Waals surface area contributed by atoms with Crippen molar-refractivity contribution in [3.05, 3.63) is 17.0 Å². The van der Waals surface area contributed by atoms with E-state index in [1.807, 2.05) is 20.1 Å². The van der Waals surface area contributed by atoms with Gasteiger partial charge in [-0.05, 0) is 31.9 Å². The largest absolute Gasteiger partial charge is 0.361 e. The van der Waals surface area contributed by atoms with Crippen molar-refractivity contribution in [2.75, 3.05) is 25.1 Å². The van der Waals surface area contributed by atoms with Gasteiger partial charge in [0.2, 0.25) is 5.91 Å². The van der Waals surface area contributed by atoms with Gasteiger partial charge in [-0.25, -0.2) is 0 Å². The van der Waals surface area contributed by atoms with Crippen LogP contribution in [0.3, 0.4) is 0 Å². The first-order valence-electron chi connectivity index (χ1n) is 7.84. The van der Waals surface area contributed by atoms with Crippen molar-refractivity contribution in [3.8, 4) is 0 Å². The molecule has 0 aromatic carbocycles. The van der Waals surface area contributed by atoms with E-state index in [1.165, 1.54) is 5.56 Å². The van der Waals surface area contributed by atoms with Gasteiger partial charge in [-0.1, -0.05) is 19.0 Å². The first kappa shape index (κ1) is 20.3. The Morgan fingerprint density at radius 3 is 2.65 bits per heavy atom. The predicted molar refractivity (Wildman–Crippen MR) is 97.1 cm³/mol. The molecule has 1 fully saturated rings. The van der Waals surface area contributed by atoms with Crippen molar-refractivity contribution in [1.82, 2.24) is 15.4 Å². The second-order valence-electron chi connectivity index (χ2n) is 6.51. The van der Waals surface area contributed by atoms with E-state index in [-0.39, 0.29) is 24.4 Å². The fraction of sp³-hybridized carbons (Fsp3) is 0.750. The highest BCUT2D eigenvalue weighted by atomic mass is 35.5. The van der Waals surface area contributed by atoms with Crippen LogP contribution in [0.4, 0.5) is 0 Å². The number of nitrogens with zero attached hydrogens (tertiary/aromatic N) is 2. The van der Waals surface area contributed by atoms with Crippen molar-refractivity contribution < 1.29 is 9.32 Å².